The minimum absolute atomic E-state index is 0.0107. The molecule has 21 heavy (non-hydrogen) atoms. The number of carbonyl (C=O) groups is 1. The first-order valence-electron chi connectivity index (χ1n) is 6.88. The molecule has 0 aliphatic heterocycles. The van der Waals surface area contributed by atoms with E-state index in [0.29, 0.717) is 13.0 Å². The van der Waals surface area contributed by atoms with E-state index >= 15 is 0 Å². The van der Waals surface area contributed by atoms with Gasteiger partial charge < -0.3 is 20.5 Å². The van der Waals surface area contributed by atoms with Gasteiger partial charge in [0.1, 0.15) is 12.1 Å². The third-order valence-electron chi connectivity index (χ3n) is 4.03. The van der Waals surface area contributed by atoms with Crippen LogP contribution in [-0.4, -0.2) is 50.1 Å². The summed E-state index contributed by atoms with van der Waals surface area (Å²) in [6.07, 6.45) is -4.07. The number of nitrogens with two attached hydrogens (primary N) is 1. The summed E-state index contributed by atoms with van der Waals surface area (Å²) in [6.45, 7) is 4.54. The van der Waals surface area contributed by atoms with E-state index in [4.69, 9.17) is 10.5 Å². The number of alkyl halides is 3. The first-order chi connectivity index (χ1) is 9.54. The van der Waals surface area contributed by atoms with Crippen LogP contribution >= 0.6 is 0 Å². The van der Waals surface area contributed by atoms with Crippen LogP contribution < -0.4 is 11.1 Å². The van der Waals surface area contributed by atoms with Crippen molar-refractivity contribution in [3.8, 4) is 0 Å². The number of rotatable bonds is 7. The fourth-order valence-electron chi connectivity index (χ4n) is 2.40. The third kappa shape index (κ3) is 4.08. The second-order valence-corrected chi connectivity index (χ2v) is 5.76. The molecule has 1 fully saturated rings. The molecule has 5 nitrogen and oxygen atoms in total. The van der Waals surface area contributed by atoms with Gasteiger partial charge in [0.15, 0.2) is 0 Å². The highest BCUT2D eigenvalue weighted by Crippen LogP contribution is 2.49. The zero-order valence-corrected chi connectivity index (χ0v) is 12.5. The van der Waals surface area contributed by atoms with Crippen molar-refractivity contribution in [1.29, 1.82) is 0 Å². The molecule has 0 spiro atoms. The Morgan fingerprint density at radius 1 is 1.43 bits per heavy atom. The standard InChI is InChI=1S/C13H23F3N2O3/c1-4-21-9-7-12(17,11(9,2)3)10(19)18-5-6-20-8-13(14,15)16/h9H,4-8,17H2,1-3H3,(H,18,19). The van der Waals surface area contributed by atoms with Gasteiger partial charge in [-0.1, -0.05) is 13.8 Å². The zero-order chi connectivity index (χ0) is 16.3. The van der Waals surface area contributed by atoms with Crippen LogP contribution in [0.4, 0.5) is 13.2 Å². The van der Waals surface area contributed by atoms with Crippen molar-refractivity contribution in [1.82, 2.24) is 5.32 Å². The number of halogens is 3. The van der Waals surface area contributed by atoms with E-state index in [9.17, 15) is 18.0 Å². The van der Waals surface area contributed by atoms with E-state index in [-0.39, 0.29) is 25.2 Å². The lowest BCUT2D eigenvalue weighted by Gasteiger charge is -2.57. The van der Waals surface area contributed by atoms with Crippen LogP contribution in [0.2, 0.25) is 0 Å². The molecule has 0 bridgehead atoms. The van der Waals surface area contributed by atoms with Crippen LogP contribution in [0, 0.1) is 5.41 Å². The van der Waals surface area contributed by atoms with Gasteiger partial charge in [0.05, 0.1) is 12.7 Å². The van der Waals surface area contributed by atoms with Crippen LogP contribution in [0.3, 0.4) is 0 Å². The van der Waals surface area contributed by atoms with Crippen molar-refractivity contribution in [2.24, 2.45) is 11.1 Å². The second-order valence-electron chi connectivity index (χ2n) is 5.76. The van der Waals surface area contributed by atoms with Gasteiger partial charge >= 0.3 is 6.18 Å². The summed E-state index contributed by atoms with van der Waals surface area (Å²) in [6, 6.07) is 0. The molecule has 0 heterocycles. The topological polar surface area (TPSA) is 73.6 Å². The Balaban J connectivity index is 2.36. The van der Waals surface area contributed by atoms with Crippen molar-refractivity contribution in [2.75, 3.05) is 26.4 Å². The van der Waals surface area contributed by atoms with Crippen LogP contribution in [0.1, 0.15) is 27.2 Å². The molecule has 1 aliphatic carbocycles. The van der Waals surface area contributed by atoms with Gasteiger partial charge in [-0.15, -0.1) is 0 Å². The highest BCUT2D eigenvalue weighted by Gasteiger charge is 2.62. The molecule has 0 radical (unpaired) electrons. The number of hydrogen-bond donors (Lipinski definition) is 2. The summed E-state index contributed by atoms with van der Waals surface area (Å²) in [7, 11) is 0. The van der Waals surface area contributed by atoms with Gasteiger partial charge in [-0.25, -0.2) is 0 Å². The number of hydrogen-bond acceptors (Lipinski definition) is 4. The predicted octanol–water partition coefficient (Wildman–Crippen LogP) is 1.21. The molecule has 0 saturated heterocycles. The molecule has 3 N–H and O–H groups in total. The Bertz CT molecular complexity index is 374. The van der Waals surface area contributed by atoms with Gasteiger partial charge in [0, 0.05) is 25.0 Å². The molecule has 8 heteroatoms. The zero-order valence-electron chi connectivity index (χ0n) is 12.5. The van der Waals surface area contributed by atoms with Crippen molar-refractivity contribution in [3.05, 3.63) is 0 Å². The van der Waals surface area contributed by atoms with Crippen molar-refractivity contribution in [2.45, 2.75) is 45.0 Å². The lowest BCUT2D eigenvalue weighted by Crippen LogP contribution is -2.75. The third-order valence-corrected chi connectivity index (χ3v) is 4.03. The number of amides is 1. The Morgan fingerprint density at radius 3 is 2.52 bits per heavy atom. The minimum atomic E-state index is -4.36. The van der Waals surface area contributed by atoms with Gasteiger partial charge in [-0.2, -0.15) is 13.2 Å². The smallest absolute Gasteiger partial charge is 0.378 e. The highest BCUT2D eigenvalue weighted by molar-refractivity contribution is 5.88. The SMILES string of the molecule is CCOC1CC(N)(C(=O)NCCOCC(F)(F)F)C1(C)C. The molecule has 1 aliphatic rings. The summed E-state index contributed by atoms with van der Waals surface area (Å²) >= 11 is 0. The largest absolute Gasteiger partial charge is 0.411 e. The van der Waals surface area contributed by atoms with Gasteiger partial charge in [0.2, 0.25) is 5.91 Å². The minimum Gasteiger partial charge on any atom is -0.378 e. The van der Waals surface area contributed by atoms with Crippen LogP contribution in [0.5, 0.6) is 0 Å². The van der Waals surface area contributed by atoms with Crippen molar-refractivity contribution >= 4 is 5.91 Å². The molecule has 2 unspecified atom stereocenters. The summed E-state index contributed by atoms with van der Waals surface area (Å²) in [5.41, 5.74) is 4.52. The molecular formula is C13H23F3N2O3. The number of nitrogens with one attached hydrogen (secondary N) is 1. The molecule has 124 valence electrons. The molecule has 2 atom stereocenters. The van der Waals surface area contributed by atoms with Gasteiger partial charge in [-0.05, 0) is 6.92 Å². The van der Waals surface area contributed by atoms with E-state index < -0.39 is 23.7 Å². The maximum absolute atomic E-state index is 12.1. The van der Waals surface area contributed by atoms with Crippen LogP contribution in [0.15, 0.2) is 0 Å². The first kappa shape index (κ1) is 18.2. The lowest BCUT2D eigenvalue weighted by atomic mass is 9.54. The molecule has 1 rings (SSSR count). The Labute approximate surface area is 122 Å². The van der Waals surface area contributed by atoms with E-state index in [2.05, 4.69) is 10.1 Å². The predicted molar refractivity (Wildman–Crippen MR) is 70.6 cm³/mol. The molecule has 1 saturated carbocycles. The highest BCUT2D eigenvalue weighted by atomic mass is 19.4. The van der Waals surface area contributed by atoms with E-state index in [1.54, 1.807) is 0 Å². The lowest BCUT2D eigenvalue weighted by molar-refractivity contribution is -0.175. The Morgan fingerprint density at radius 2 is 2.05 bits per heavy atom. The van der Waals surface area contributed by atoms with E-state index in [0.717, 1.165) is 0 Å². The number of ether oxygens (including phenoxy) is 2. The summed E-state index contributed by atoms with van der Waals surface area (Å²) in [5.74, 6) is -0.390. The van der Waals surface area contributed by atoms with Crippen molar-refractivity contribution < 1.29 is 27.4 Å². The Kier molecular flexibility index (Phi) is 5.63. The Hall–Kier alpha value is -0.860. The van der Waals surface area contributed by atoms with E-state index in [1.165, 1.54) is 0 Å². The monoisotopic (exact) mass is 312 g/mol. The summed E-state index contributed by atoms with van der Waals surface area (Å²) < 4.78 is 45.5. The molecule has 1 amide bonds. The van der Waals surface area contributed by atoms with Crippen LogP contribution in [-0.2, 0) is 14.3 Å². The average Bonchev–Trinajstić information content (AvgIpc) is 2.36. The maximum Gasteiger partial charge on any atom is 0.411 e. The summed E-state index contributed by atoms with van der Waals surface area (Å²) in [4.78, 5) is 12.1. The molecule has 0 aromatic rings. The fourth-order valence-corrected chi connectivity index (χ4v) is 2.40. The quantitative estimate of drug-likeness (QED) is 0.693. The van der Waals surface area contributed by atoms with Gasteiger partial charge in [-0.3, -0.25) is 4.79 Å². The fraction of sp³-hybridized carbons (Fsp3) is 0.923. The number of carbonyl (C=O) groups excluding carboxylic acids is 1. The average molecular weight is 312 g/mol. The molecule has 0 aromatic carbocycles. The summed E-state index contributed by atoms with van der Waals surface area (Å²) in [5, 5.41) is 2.52. The molecular weight excluding hydrogens is 289 g/mol. The van der Waals surface area contributed by atoms with Crippen LogP contribution in [0.25, 0.3) is 0 Å². The molecule has 0 aromatic heterocycles. The second kappa shape index (κ2) is 6.50. The van der Waals surface area contributed by atoms with Crippen molar-refractivity contribution in [3.63, 3.8) is 0 Å². The van der Waals surface area contributed by atoms with E-state index in [1.807, 2.05) is 20.8 Å². The van der Waals surface area contributed by atoms with Gasteiger partial charge in [0.25, 0.3) is 0 Å². The maximum atomic E-state index is 12.1. The first-order valence-corrected chi connectivity index (χ1v) is 6.88. The normalized spacial score (nSPS) is 28.0.